The lowest BCUT2D eigenvalue weighted by atomic mass is 9.94. The first-order valence-electron chi connectivity index (χ1n) is 5.50. The highest BCUT2D eigenvalue weighted by molar-refractivity contribution is 5.70. The van der Waals surface area contributed by atoms with Gasteiger partial charge in [-0.05, 0) is 6.07 Å². The van der Waals surface area contributed by atoms with Gasteiger partial charge in [0.1, 0.15) is 5.76 Å². The lowest BCUT2D eigenvalue weighted by Crippen LogP contribution is -2.09. The molecular weight excluding hydrogens is 238 g/mol. The van der Waals surface area contributed by atoms with Gasteiger partial charge in [-0.15, -0.1) is 0 Å². The number of anilines is 1. The standard InChI is InChI=1S/C13H14F2N2O/c1-13(2,3)11-6-17-12(18-11)7-4-8(14)9(15)5-10(7)16/h4-6H,16H2,1-3H3. The van der Waals surface area contributed by atoms with Gasteiger partial charge in [0.25, 0.3) is 0 Å². The van der Waals surface area contributed by atoms with Crippen molar-refractivity contribution in [2.75, 3.05) is 5.73 Å². The summed E-state index contributed by atoms with van der Waals surface area (Å²) in [6, 6.07) is 1.91. The number of hydrogen-bond acceptors (Lipinski definition) is 3. The maximum atomic E-state index is 13.2. The molecule has 0 spiro atoms. The van der Waals surface area contributed by atoms with Gasteiger partial charge < -0.3 is 10.2 Å². The van der Waals surface area contributed by atoms with Crippen LogP contribution in [0.25, 0.3) is 11.5 Å². The summed E-state index contributed by atoms with van der Waals surface area (Å²) in [5, 5.41) is 0. The van der Waals surface area contributed by atoms with E-state index >= 15 is 0 Å². The highest BCUT2D eigenvalue weighted by Gasteiger charge is 2.21. The van der Waals surface area contributed by atoms with Crippen molar-refractivity contribution in [3.8, 4) is 11.5 Å². The van der Waals surface area contributed by atoms with Crippen LogP contribution in [-0.4, -0.2) is 4.98 Å². The zero-order valence-electron chi connectivity index (χ0n) is 10.4. The van der Waals surface area contributed by atoms with Crippen LogP contribution in [0.4, 0.5) is 14.5 Å². The Balaban J connectivity index is 2.50. The third-order valence-corrected chi connectivity index (χ3v) is 2.57. The fourth-order valence-electron chi connectivity index (χ4n) is 1.49. The van der Waals surface area contributed by atoms with E-state index < -0.39 is 11.6 Å². The van der Waals surface area contributed by atoms with E-state index in [2.05, 4.69) is 4.98 Å². The lowest BCUT2D eigenvalue weighted by Gasteiger charge is -2.13. The van der Waals surface area contributed by atoms with Crippen LogP contribution in [0.1, 0.15) is 26.5 Å². The van der Waals surface area contributed by atoms with Gasteiger partial charge in [-0.1, -0.05) is 20.8 Å². The summed E-state index contributed by atoms with van der Waals surface area (Å²) >= 11 is 0. The second-order valence-corrected chi connectivity index (χ2v) is 5.13. The van der Waals surface area contributed by atoms with E-state index in [1.807, 2.05) is 20.8 Å². The topological polar surface area (TPSA) is 52.0 Å². The van der Waals surface area contributed by atoms with Crippen molar-refractivity contribution in [3.05, 3.63) is 35.7 Å². The summed E-state index contributed by atoms with van der Waals surface area (Å²) < 4.78 is 31.7. The number of rotatable bonds is 1. The Labute approximate surface area is 104 Å². The number of oxazole rings is 1. The summed E-state index contributed by atoms with van der Waals surface area (Å²) in [5.74, 6) is -1.12. The molecule has 2 aromatic rings. The van der Waals surface area contributed by atoms with Gasteiger partial charge >= 0.3 is 0 Å². The molecule has 0 aliphatic rings. The molecule has 18 heavy (non-hydrogen) atoms. The Morgan fingerprint density at radius 3 is 2.33 bits per heavy atom. The predicted octanol–water partition coefficient (Wildman–Crippen LogP) is 3.50. The number of aromatic nitrogens is 1. The first-order valence-corrected chi connectivity index (χ1v) is 5.50. The van der Waals surface area contributed by atoms with Crippen LogP contribution in [0.3, 0.4) is 0 Å². The van der Waals surface area contributed by atoms with E-state index in [9.17, 15) is 8.78 Å². The normalized spacial score (nSPS) is 11.8. The number of nitrogens with two attached hydrogens (primary N) is 1. The van der Waals surface area contributed by atoms with E-state index in [0.717, 1.165) is 12.1 Å². The number of benzene rings is 1. The summed E-state index contributed by atoms with van der Waals surface area (Å²) in [4.78, 5) is 4.05. The van der Waals surface area contributed by atoms with Gasteiger partial charge in [0.05, 0.1) is 11.8 Å². The molecule has 0 aliphatic carbocycles. The van der Waals surface area contributed by atoms with Gasteiger partial charge in [0, 0.05) is 17.2 Å². The van der Waals surface area contributed by atoms with E-state index in [4.69, 9.17) is 10.2 Å². The number of halogens is 2. The third kappa shape index (κ3) is 2.20. The first kappa shape index (κ1) is 12.5. The monoisotopic (exact) mass is 252 g/mol. The average Bonchev–Trinajstić information content (AvgIpc) is 2.72. The third-order valence-electron chi connectivity index (χ3n) is 2.57. The molecule has 0 amide bonds. The number of nitrogens with zero attached hydrogens (tertiary/aromatic N) is 1. The van der Waals surface area contributed by atoms with Gasteiger partial charge in [0.15, 0.2) is 11.6 Å². The molecule has 5 heteroatoms. The van der Waals surface area contributed by atoms with Crippen molar-refractivity contribution >= 4 is 5.69 Å². The van der Waals surface area contributed by atoms with Crippen LogP contribution in [-0.2, 0) is 5.41 Å². The second kappa shape index (κ2) is 4.08. The Kier molecular flexibility index (Phi) is 2.84. The quantitative estimate of drug-likeness (QED) is 0.790. The Bertz CT molecular complexity index is 585. The summed E-state index contributed by atoms with van der Waals surface area (Å²) in [6.07, 6.45) is 1.57. The molecule has 0 fully saturated rings. The van der Waals surface area contributed by atoms with Crippen LogP contribution in [0.15, 0.2) is 22.7 Å². The Morgan fingerprint density at radius 2 is 1.78 bits per heavy atom. The van der Waals surface area contributed by atoms with Gasteiger partial charge in [-0.3, -0.25) is 0 Å². The highest BCUT2D eigenvalue weighted by Crippen LogP contribution is 2.31. The molecule has 0 atom stereocenters. The molecule has 0 radical (unpaired) electrons. The molecule has 2 rings (SSSR count). The summed E-state index contributed by atoms with van der Waals surface area (Å²) in [6.45, 7) is 5.89. The summed E-state index contributed by atoms with van der Waals surface area (Å²) in [7, 11) is 0. The minimum absolute atomic E-state index is 0.0937. The van der Waals surface area contributed by atoms with Crippen molar-refractivity contribution in [2.24, 2.45) is 0 Å². The van der Waals surface area contributed by atoms with Crippen LogP contribution >= 0.6 is 0 Å². The lowest BCUT2D eigenvalue weighted by molar-refractivity contribution is 0.415. The Hall–Kier alpha value is -1.91. The van der Waals surface area contributed by atoms with Crippen LogP contribution in [0.2, 0.25) is 0 Å². The largest absolute Gasteiger partial charge is 0.441 e. The van der Waals surface area contributed by atoms with E-state index in [-0.39, 0.29) is 22.6 Å². The fourth-order valence-corrected chi connectivity index (χ4v) is 1.49. The van der Waals surface area contributed by atoms with Gasteiger partial charge in [-0.25, -0.2) is 13.8 Å². The molecule has 96 valence electrons. The maximum Gasteiger partial charge on any atom is 0.228 e. The molecule has 0 saturated heterocycles. The second-order valence-electron chi connectivity index (χ2n) is 5.13. The first-order chi connectivity index (χ1) is 8.29. The SMILES string of the molecule is CC(C)(C)c1cnc(-c2cc(F)c(F)cc2N)o1. The zero-order chi connectivity index (χ0) is 13.5. The molecule has 1 aromatic heterocycles. The van der Waals surface area contributed by atoms with Crippen LogP contribution < -0.4 is 5.73 Å². The summed E-state index contributed by atoms with van der Waals surface area (Å²) in [5.41, 5.74) is 5.77. The minimum Gasteiger partial charge on any atom is -0.441 e. The van der Waals surface area contributed by atoms with Crippen molar-refractivity contribution in [3.63, 3.8) is 0 Å². The molecule has 0 saturated carbocycles. The zero-order valence-corrected chi connectivity index (χ0v) is 10.4. The highest BCUT2D eigenvalue weighted by atomic mass is 19.2. The number of nitrogen functional groups attached to an aromatic ring is 1. The molecule has 0 unspecified atom stereocenters. The molecule has 0 bridgehead atoms. The van der Waals surface area contributed by atoms with Crippen molar-refractivity contribution in [1.82, 2.24) is 4.98 Å². The van der Waals surface area contributed by atoms with Crippen molar-refractivity contribution in [1.29, 1.82) is 0 Å². The molecule has 3 nitrogen and oxygen atoms in total. The molecule has 0 aliphatic heterocycles. The average molecular weight is 252 g/mol. The minimum atomic E-state index is -0.987. The van der Waals surface area contributed by atoms with E-state index in [0.29, 0.717) is 5.76 Å². The van der Waals surface area contributed by atoms with Gasteiger partial charge in [-0.2, -0.15) is 0 Å². The van der Waals surface area contributed by atoms with E-state index in [1.165, 1.54) is 0 Å². The molecule has 1 heterocycles. The smallest absolute Gasteiger partial charge is 0.228 e. The number of hydrogen-bond donors (Lipinski definition) is 1. The molecule has 1 aromatic carbocycles. The maximum absolute atomic E-state index is 13.2. The van der Waals surface area contributed by atoms with Crippen molar-refractivity contribution in [2.45, 2.75) is 26.2 Å². The van der Waals surface area contributed by atoms with Crippen molar-refractivity contribution < 1.29 is 13.2 Å². The molecule has 2 N–H and O–H groups in total. The fraction of sp³-hybridized carbons (Fsp3) is 0.308. The van der Waals surface area contributed by atoms with Crippen LogP contribution in [0.5, 0.6) is 0 Å². The Morgan fingerprint density at radius 1 is 1.17 bits per heavy atom. The predicted molar refractivity (Wildman–Crippen MR) is 65.0 cm³/mol. The van der Waals surface area contributed by atoms with Crippen LogP contribution in [0, 0.1) is 11.6 Å². The van der Waals surface area contributed by atoms with Gasteiger partial charge in [0.2, 0.25) is 5.89 Å². The molecular formula is C13H14F2N2O. The van der Waals surface area contributed by atoms with E-state index in [1.54, 1.807) is 6.20 Å².